The topological polar surface area (TPSA) is 94.3 Å². The van der Waals surface area contributed by atoms with Crippen molar-refractivity contribution in [2.45, 2.75) is 76.0 Å². The maximum Gasteiger partial charge on any atom is 0.408 e. The summed E-state index contributed by atoms with van der Waals surface area (Å²) in [5.74, 6) is -0.616. The van der Waals surface area contributed by atoms with Crippen LogP contribution in [-0.4, -0.2) is 39.0 Å². The van der Waals surface area contributed by atoms with Crippen LogP contribution in [0.2, 0.25) is 0 Å². The Balaban J connectivity index is 2.01. The van der Waals surface area contributed by atoms with Crippen LogP contribution in [-0.2, 0) is 4.74 Å². The van der Waals surface area contributed by atoms with Crippen LogP contribution in [0.5, 0.6) is 0 Å². The zero-order chi connectivity index (χ0) is 17.9. The predicted molar refractivity (Wildman–Crippen MR) is 90.1 cm³/mol. The molecule has 1 aromatic heterocycles. The number of hydrogen-bond acceptors (Lipinski definition) is 7. The van der Waals surface area contributed by atoms with E-state index >= 15 is 0 Å². The van der Waals surface area contributed by atoms with E-state index in [0.29, 0.717) is 10.5 Å². The van der Waals surface area contributed by atoms with Crippen LogP contribution < -0.4 is 5.32 Å². The minimum absolute atomic E-state index is 0.0772. The molecule has 0 spiro atoms. The SMILES string of the molecule is CC(C)C(NC(=O)OC(C)(C)C)C(=O)c1nnc(SC2CCC2)o1. The number of Topliss-reactive ketones (excluding diaryl/α,β-unsaturated/α-hetero) is 1. The summed E-state index contributed by atoms with van der Waals surface area (Å²) in [6.07, 6.45) is 2.83. The molecule has 1 aliphatic rings. The third-order valence-corrected chi connectivity index (χ3v) is 4.73. The van der Waals surface area contributed by atoms with Gasteiger partial charge in [-0.05, 0) is 39.5 Å². The maximum absolute atomic E-state index is 12.6. The number of hydrogen-bond donors (Lipinski definition) is 1. The first-order valence-electron chi connectivity index (χ1n) is 8.19. The molecular formula is C16H25N3O4S. The fourth-order valence-corrected chi connectivity index (χ4v) is 3.16. The van der Waals surface area contributed by atoms with Gasteiger partial charge in [-0.1, -0.05) is 32.0 Å². The third-order valence-electron chi connectivity index (χ3n) is 3.56. The molecule has 0 aromatic carbocycles. The minimum Gasteiger partial charge on any atom is -0.444 e. The molecule has 8 heteroatoms. The third kappa shape index (κ3) is 5.22. The van der Waals surface area contributed by atoms with E-state index in [1.54, 1.807) is 20.8 Å². The second kappa shape index (κ2) is 7.55. The van der Waals surface area contributed by atoms with E-state index in [0.717, 1.165) is 12.8 Å². The van der Waals surface area contributed by atoms with E-state index in [1.807, 2.05) is 13.8 Å². The van der Waals surface area contributed by atoms with Crippen molar-refractivity contribution >= 4 is 23.6 Å². The van der Waals surface area contributed by atoms with Crippen LogP contribution in [0.15, 0.2) is 9.64 Å². The van der Waals surface area contributed by atoms with Gasteiger partial charge in [-0.25, -0.2) is 4.79 Å². The van der Waals surface area contributed by atoms with Gasteiger partial charge in [0.1, 0.15) is 11.6 Å². The van der Waals surface area contributed by atoms with Crippen molar-refractivity contribution in [2.75, 3.05) is 0 Å². The lowest BCUT2D eigenvalue weighted by molar-refractivity contribution is 0.0471. The number of nitrogens with zero attached hydrogens (tertiary/aromatic N) is 2. The molecule has 0 radical (unpaired) electrons. The first kappa shape index (κ1) is 18.8. The average molecular weight is 355 g/mol. The Morgan fingerprint density at radius 1 is 1.29 bits per heavy atom. The van der Waals surface area contributed by atoms with E-state index in [-0.39, 0.29) is 11.8 Å². The Morgan fingerprint density at radius 2 is 1.96 bits per heavy atom. The molecular weight excluding hydrogens is 330 g/mol. The number of thioether (sulfide) groups is 1. The molecule has 24 heavy (non-hydrogen) atoms. The van der Waals surface area contributed by atoms with Gasteiger partial charge in [0.2, 0.25) is 5.78 Å². The monoisotopic (exact) mass is 355 g/mol. The van der Waals surface area contributed by atoms with Gasteiger partial charge in [0.25, 0.3) is 11.1 Å². The largest absolute Gasteiger partial charge is 0.444 e. The molecule has 1 saturated carbocycles. The van der Waals surface area contributed by atoms with Crippen molar-refractivity contribution in [3.8, 4) is 0 Å². The van der Waals surface area contributed by atoms with Gasteiger partial charge in [-0.3, -0.25) is 4.79 Å². The molecule has 0 aliphatic heterocycles. The lowest BCUT2D eigenvalue weighted by Gasteiger charge is -2.24. The van der Waals surface area contributed by atoms with Crippen molar-refractivity contribution in [3.05, 3.63) is 5.89 Å². The summed E-state index contributed by atoms with van der Waals surface area (Å²) >= 11 is 1.51. The van der Waals surface area contributed by atoms with Gasteiger partial charge in [0.05, 0.1) is 0 Å². The number of ketones is 1. The highest BCUT2D eigenvalue weighted by Gasteiger charge is 2.31. The van der Waals surface area contributed by atoms with Crippen LogP contribution in [0.1, 0.15) is 64.6 Å². The van der Waals surface area contributed by atoms with E-state index < -0.39 is 23.5 Å². The number of carbonyl (C=O) groups is 2. The molecule has 2 rings (SSSR count). The summed E-state index contributed by atoms with van der Waals surface area (Å²) < 4.78 is 10.7. The Kier molecular flexibility index (Phi) is 5.90. The maximum atomic E-state index is 12.6. The molecule has 1 atom stereocenters. The van der Waals surface area contributed by atoms with Gasteiger partial charge in [-0.2, -0.15) is 0 Å². The van der Waals surface area contributed by atoms with Gasteiger partial charge in [-0.15, -0.1) is 10.2 Å². The summed E-state index contributed by atoms with van der Waals surface area (Å²) in [5.41, 5.74) is -0.633. The number of aromatic nitrogens is 2. The summed E-state index contributed by atoms with van der Waals surface area (Å²) in [7, 11) is 0. The average Bonchev–Trinajstić information content (AvgIpc) is 2.86. The lowest BCUT2D eigenvalue weighted by Crippen LogP contribution is -2.46. The summed E-state index contributed by atoms with van der Waals surface area (Å²) in [6, 6.07) is -0.776. The van der Waals surface area contributed by atoms with Crippen LogP contribution in [0.3, 0.4) is 0 Å². The number of ether oxygens (including phenoxy) is 1. The van der Waals surface area contributed by atoms with Crippen molar-refractivity contribution in [2.24, 2.45) is 5.92 Å². The van der Waals surface area contributed by atoms with E-state index in [1.165, 1.54) is 18.2 Å². The number of alkyl carbamates (subject to hydrolysis) is 1. The van der Waals surface area contributed by atoms with Crippen LogP contribution in [0.4, 0.5) is 4.79 Å². The van der Waals surface area contributed by atoms with Crippen LogP contribution in [0, 0.1) is 5.92 Å². The highest BCUT2D eigenvalue weighted by atomic mass is 32.2. The Labute approximate surface area is 146 Å². The van der Waals surface area contributed by atoms with Crippen molar-refractivity contribution in [1.82, 2.24) is 15.5 Å². The second-order valence-corrected chi connectivity index (χ2v) is 8.53. The molecule has 1 aromatic rings. The van der Waals surface area contributed by atoms with Crippen LogP contribution in [0.25, 0.3) is 0 Å². The van der Waals surface area contributed by atoms with Crippen LogP contribution >= 0.6 is 11.8 Å². The number of amides is 1. The Hall–Kier alpha value is -1.57. The quantitative estimate of drug-likeness (QED) is 0.781. The molecule has 0 bridgehead atoms. The normalized spacial score (nSPS) is 16.6. The van der Waals surface area contributed by atoms with E-state index in [4.69, 9.17) is 9.15 Å². The Morgan fingerprint density at radius 3 is 2.46 bits per heavy atom. The molecule has 134 valence electrons. The minimum atomic E-state index is -0.776. The molecule has 1 unspecified atom stereocenters. The molecule has 1 aliphatic carbocycles. The zero-order valence-electron chi connectivity index (χ0n) is 14.8. The van der Waals surface area contributed by atoms with Gasteiger partial charge >= 0.3 is 6.09 Å². The Bertz CT molecular complexity index is 590. The first-order chi connectivity index (χ1) is 11.2. The molecule has 7 nitrogen and oxygen atoms in total. The predicted octanol–water partition coefficient (Wildman–Crippen LogP) is 3.45. The lowest BCUT2D eigenvalue weighted by atomic mass is 10.00. The van der Waals surface area contributed by atoms with Gasteiger partial charge in [0, 0.05) is 5.25 Å². The van der Waals surface area contributed by atoms with E-state index in [9.17, 15) is 9.59 Å². The molecule has 1 N–H and O–H groups in total. The fraction of sp³-hybridized carbons (Fsp3) is 0.750. The zero-order valence-corrected chi connectivity index (χ0v) is 15.6. The van der Waals surface area contributed by atoms with Gasteiger partial charge < -0.3 is 14.5 Å². The number of rotatable bonds is 6. The summed E-state index contributed by atoms with van der Waals surface area (Å²) in [6.45, 7) is 8.96. The van der Waals surface area contributed by atoms with Crippen molar-refractivity contribution in [3.63, 3.8) is 0 Å². The second-order valence-electron chi connectivity index (χ2n) is 7.28. The smallest absolute Gasteiger partial charge is 0.408 e. The van der Waals surface area contributed by atoms with Gasteiger partial charge in [0.15, 0.2) is 0 Å². The highest BCUT2D eigenvalue weighted by Crippen LogP contribution is 2.35. The number of nitrogens with one attached hydrogen (secondary N) is 1. The fourth-order valence-electron chi connectivity index (χ4n) is 2.09. The molecule has 1 amide bonds. The standard InChI is InChI=1S/C16H25N3O4S/c1-9(2)11(17-14(21)23-16(3,4)5)12(20)13-18-19-15(22-13)24-10-7-6-8-10/h9-11H,6-8H2,1-5H3,(H,17,21). The number of carbonyl (C=O) groups excluding carboxylic acids is 2. The molecule has 0 saturated heterocycles. The summed E-state index contributed by atoms with van der Waals surface area (Å²) in [5, 5.41) is 11.3. The molecule has 1 fully saturated rings. The molecule has 1 heterocycles. The first-order valence-corrected chi connectivity index (χ1v) is 9.07. The van der Waals surface area contributed by atoms with Crippen molar-refractivity contribution < 1.29 is 18.7 Å². The van der Waals surface area contributed by atoms with Crippen molar-refractivity contribution in [1.29, 1.82) is 0 Å². The van der Waals surface area contributed by atoms with E-state index in [2.05, 4.69) is 15.5 Å². The summed E-state index contributed by atoms with van der Waals surface area (Å²) in [4.78, 5) is 24.5. The highest BCUT2D eigenvalue weighted by molar-refractivity contribution is 7.99.